The molecule has 0 bridgehead atoms. The van der Waals surface area contributed by atoms with Crippen LogP contribution in [0.15, 0.2) is 30.3 Å². The Bertz CT molecular complexity index is 1070. The number of benzene rings is 2. The second-order valence-corrected chi connectivity index (χ2v) is 9.05. The van der Waals surface area contributed by atoms with Crippen molar-refractivity contribution in [3.63, 3.8) is 0 Å². The Labute approximate surface area is 194 Å². The lowest BCUT2D eigenvalue weighted by molar-refractivity contribution is -0.121. The van der Waals surface area contributed by atoms with Crippen molar-refractivity contribution in [1.29, 1.82) is 0 Å². The summed E-state index contributed by atoms with van der Waals surface area (Å²) >= 11 is 6.11. The summed E-state index contributed by atoms with van der Waals surface area (Å²) in [5, 5.41) is 2.57. The highest BCUT2D eigenvalue weighted by atomic mass is 35.5. The van der Waals surface area contributed by atoms with Crippen LogP contribution in [0.5, 0.6) is 11.5 Å². The van der Waals surface area contributed by atoms with Crippen molar-refractivity contribution in [2.45, 2.75) is 52.2 Å². The van der Waals surface area contributed by atoms with E-state index in [4.69, 9.17) is 21.1 Å². The number of ether oxygens (including phenoxy) is 2. The molecular formula is C23H24ClF3N2O4. The zero-order valence-corrected chi connectivity index (χ0v) is 19.3. The van der Waals surface area contributed by atoms with Gasteiger partial charge in [0.15, 0.2) is 5.75 Å². The van der Waals surface area contributed by atoms with Crippen molar-refractivity contribution >= 4 is 29.3 Å². The van der Waals surface area contributed by atoms with Crippen LogP contribution in [-0.4, -0.2) is 36.6 Å². The quantitative estimate of drug-likeness (QED) is 0.597. The summed E-state index contributed by atoms with van der Waals surface area (Å²) in [4.78, 5) is 26.2. The minimum Gasteiger partial charge on any atom is -0.453 e. The maximum atomic E-state index is 13.7. The summed E-state index contributed by atoms with van der Waals surface area (Å²) in [5.74, 6) is -1.26. The van der Waals surface area contributed by atoms with Crippen LogP contribution in [-0.2, 0) is 16.0 Å². The fraction of sp³-hybridized carbons (Fsp3) is 0.391. The first-order valence-corrected chi connectivity index (χ1v) is 10.6. The largest absolute Gasteiger partial charge is 0.453 e. The molecule has 1 atom stereocenters. The minimum absolute atomic E-state index is 0.0217. The molecule has 0 unspecified atom stereocenters. The normalized spacial score (nSPS) is 16.0. The Kier molecular flexibility index (Phi) is 7.11. The topological polar surface area (TPSA) is 67.9 Å². The Hall–Kier alpha value is -2.94. The van der Waals surface area contributed by atoms with Crippen LogP contribution in [0.4, 0.5) is 23.7 Å². The second-order valence-electron chi connectivity index (χ2n) is 8.64. The first kappa shape index (κ1) is 24.7. The van der Waals surface area contributed by atoms with Gasteiger partial charge in [0.2, 0.25) is 5.91 Å². The number of nitrogens with one attached hydrogen (secondary N) is 1. The molecule has 2 aromatic carbocycles. The summed E-state index contributed by atoms with van der Waals surface area (Å²) in [6.45, 7) is 5.74. The maximum Gasteiger partial charge on any atom is 0.408 e. The van der Waals surface area contributed by atoms with E-state index < -0.39 is 42.4 Å². The van der Waals surface area contributed by atoms with E-state index in [0.29, 0.717) is 11.1 Å². The van der Waals surface area contributed by atoms with Crippen LogP contribution in [0.1, 0.15) is 31.9 Å². The van der Waals surface area contributed by atoms with Crippen LogP contribution in [0.3, 0.4) is 0 Å². The van der Waals surface area contributed by atoms with Crippen molar-refractivity contribution in [3.05, 3.63) is 52.3 Å². The van der Waals surface area contributed by atoms with Crippen LogP contribution < -0.4 is 15.0 Å². The molecular weight excluding hydrogens is 461 g/mol. The average molecular weight is 485 g/mol. The molecule has 1 heterocycles. The van der Waals surface area contributed by atoms with Gasteiger partial charge in [-0.3, -0.25) is 4.79 Å². The van der Waals surface area contributed by atoms with Gasteiger partial charge < -0.3 is 19.7 Å². The lowest BCUT2D eigenvalue weighted by Crippen LogP contribution is -2.54. The van der Waals surface area contributed by atoms with Crippen LogP contribution in [0.25, 0.3) is 0 Å². The Morgan fingerprint density at radius 2 is 1.97 bits per heavy atom. The van der Waals surface area contributed by atoms with Crippen molar-refractivity contribution in [2.24, 2.45) is 0 Å². The molecule has 0 fully saturated rings. The molecule has 2 amide bonds. The van der Waals surface area contributed by atoms with E-state index >= 15 is 0 Å². The molecule has 33 heavy (non-hydrogen) atoms. The van der Waals surface area contributed by atoms with Crippen molar-refractivity contribution in [2.75, 3.05) is 11.4 Å². The van der Waals surface area contributed by atoms with Gasteiger partial charge >= 0.3 is 6.09 Å². The van der Waals surface area contributed by atoms with Crippen molar-refractivity contribution in [3.8, 4) is 11.5 Å². The van der Waals surface area contributed by atoms with Gasteiger partial charge in [0.1, 0.15) is 23.2 Å². The van der Waals surface area contributed by atoms with E-state index in [-0.39, 0.29) is 28.6 Å². The van der Waals surface area contributed by atoms with E-state index in [1.165, 1.54) is 6.07 Å². The summed E-state index contributed by atoms with van der Waals surface area (Å²) < 4.78 is 51.7. The van der Waals surface area contributed by atoms with Crippen molar-refractivity contribution < 1.29 is 32.2 Å². The van der Waals surface area contributed by atoms with Gasteiger partial charge in [-0.15, -0.1) is 0 Å². The fourth-order valence-corrected chi connectivity index (χ4v) is 3.61. The molecule has 0 spiro atoms. The number of amides is 2. The van der Waals surface area contributed by atoms with Crippen LogP contribution in [0, 0.1) is 12.7 Å². The summed E-state index contributed by atoms with van der Waals surface area (Å²) in [5.41, 5.74) is 0.344. The molecule has 0 saturated carbocycles. The van der Waals surface area contributed by atoms with E-state index in [2.05, 4.69) is 5.32 Å². The summed E-state index contributed by atoms with van der Waals surface area (Å²) in [6, 6.07) is 5.76. The zero-order valence-electron chi connectivity index (χ0n) is 18.5. The second kappa shape index (κ2) is 9.51. The first-order chi connectivity index (χ1) is 15.4. The number of rotatable bonds is 5. The number of anilines is 1. The van der Waals surface area contributed by atoms with E-state index in [1.54, 1.807) is 39.8 Å². The van der Waals surface area contributed by atoms with Gasteiger partial charge in [0.25, 0.3) is 6.43 Å². The lowest BCUT2D eigenvalue weighted by Gasteiger charge is -2.36. The molecule has 0 aliphatic carbocycles. The average Bonchev–Trinajstić information content (AvgIpc) is 2.68. The van der Waals surface area contributed by atoms with E-state index in [1.807, 2.05) is 0 Å². The number of hydrogen-bond donors (Lipinski definition) is 1. The number of alkyl carbamates (subject to hydrolysis) is 1. The Morgan fingerprint density at radius 3 is 2.61 bits per heavy atom. The number of fused-ring (bicyclic) bond motifs is 1. The molecule has 0 saturated heterocycles. The highest BCUT2D eigenvalue weighted by molar-refractivity contribution is 6.32. The Morgan fingerprint density at radius 1 is 1.27 bits per heavy atom. The number of nitrogens with zero attached hydrogens (tertiary/aromatic N) is 1. The van der Waals surface area contributed by atoms with E-state index in [0.717, 1.165) is 17.0 Å². The first-order valence-electron chi connectivity index (χ1n) is 10.2. The molecule has 1 aliphatic heterocycles. The van der Waals surface area contributed by atoms with Crippen LogP contribution in [0.2, 0.25) is 5.02 Å². The number of carbonyl (C=O) groups is 2. The molecule has 1 N–H and O–H groups in total. The number of aryl methyl sites for hydroxylation is 1. The predicted molar refractivity (Wildman–Crippen MR) is 118 cm³/mol. The minimum atomic E-state index is -2.85. The van der Waals surface area contributed by atoms with E-state index in [9.17, 15) is 22.8 Å². The van der Waals surface area contributed by atoms with Gasteiger partial charge in [0.05, 0.1) is 17.3 Å². The SMILES string of the molecule is Cc1ccc2c(c1Oc1cc(F)ccc1Cl)N(CC(F)F)C(=O)[C@H](NC(=O)OC(C)(C)C)C2. The molecule has 2 aromatic rings. The number of alkyl halides is 2. The number of halogens is 4. The van der Waals surface area contributed by atoms with Gasteiger partial charge in [-0.1, -0.05) is 23.7 Å². The maximum absolute atomic E-state index is 13.7. The highest BCUT2D eigenvalue weighted by Gasteiger charge is 2.38. The standard InChI is InChI=1S/C23H24ClF3N2O4/c1-12-5-6-13-9-16(28-22(31)33-23(2,3)4)21(30)29(11-18(26)27)19(13)20(12)32-17-10-14(25)7-8-15(17)24/h5-8,10,16,18H,9,11H2,1-4H3,(H,28,31)/t16-/m1/s1. The van der Waals surface area contributed by atoms with Crippen molar-refractivity contribution in [1.82, 2.24) is 5.32 Å². The van der Waals surface area contributed by atoms with Gasteiger partial charge in [0, 0.05) is 12.5 Å². The molecule has 10 heteroatoms. The number of hydrogen-bond acceptors (Lipinski definition) is 4. The molecule has 1 aliphatic rings. The monoisotopic (exact) mass is 484 g/mol. The zero-order chi connectivity index (χ0) is 24.5. The third-order valence-electron chi connectivity index (χ3n) is 4.79. The highest BCUT2D eigenvalue weighted by Crippen LogP contribution is 2.43. The fourth-order valence-electron chi connectivity index (χ4n) is 3.46. The third-order valence-corrected chi connectivity index (χ3v) is 5.10. The third kappa shape index (κ3) is 5.90. The van der Waals surface area contributed by atoms with Gasteiger partial charge in [-0.2, -0.15) is 0 Å². The van der Waals surface area contributed by atoms with Crippen LogP contribution >= 0.6 is 11.6 Å². The molecule has 6 nitrogen and oxygen atoms in total. The number of carbonyl (C=O) groups excluding carboxylic acids is 2. The van der Waals surface area contributed by atoms with Gasteiger partial charge in [-0.25, -0.2) is 18.0 Å². The lowest BCUT2D eigenvalue weighted by atomic mass is 9.94. The molecule has 178 valence electrons. The molecule has 0 aromatic heterocycles. The smallest absolute Gasteiger partial charge is 0.408 e. The van der Waals surface area contributed by atoms with Gasteiger partial charge in [-0.05, 0) is 51.0 Å². The molecule has 0 radical (unpaired) electrons. The molecule has 3 rings (SSSR count). The Balaban J connectivity index is 2.02. The summed E-state index contributed by atoms with van der Waals surface area (Å²) in [6.07, 6.45) is -3.66. The predicted octanol–water partition coefficient (Wildman–Crippen LogP) is 5.63. The summed E-state index contributed by atoms with van der Waals surface area (Å²) in [7, 11) is 0.